The molecule has 16 heavy (non-hydrogen) atoms. The lowest BCUT2D eigenvalue weighted by Crippen LogP contribution is -2.50. The number of unbranched alkanes of at least 4 members (excludes halogenated alkanes) is 1. The van der Waals surface area contributed by atoms with Crippen LogP contribution in [0.5, 0.6) is 0 Å². The molecule has 3 heteroatoms. The SMILES string of the molecule is CN(C)CCCCN1CCN2CCCC2C1. The second-order valence-electron chi connectivity index (χ2n) is 5.64. The van der Waals surface area contributed by atoms with Gasteiger partial charge in [0.15, 0.2) is 0 Å². The fourth-order valence-corrected chi connectivity index (χ4v) is 3.02. The molecule has 0 saturated carbocycles. The van der Waals surface area contributed by atoms with Crippen LogP contribution in [0.4, 0.5) is 0 Å². The number of fused-ring (bicyclic) bond motifs is 1. The maximum absolute atomic E-state index is 2.69. The zero-order chi connectivity index (χ0) is 11.4. The highest BCUT2D eigenvalue weighted by Gasteiger charge is 2.29. The van der Waals surface area contributed by atoms with Gasteiger partial charge in [0.2, 0.25) is 0 Å². The molecule has 2 saturated heterocycles. The van der Waals surface area contributed by atoms with Gasteiger partial charge in [0.1, 0.15) is 0 Å². The van der Waals surface area contributed by atoms with Gasteiger partial charge in [0.25, 0.3) is 0 Å². The molecule has 0 aromatic heterocycles. The predicted molar refractivity (Wildman–Crippen MR) is 68.8 cm³/mol. The minimum absolute atomic E-state index is 0.891. The van der Waals surface area contributed by atoms with Gasteiger partial charge >= 0.3 is 0 Å². The van der Waals surface area contributed by atoms with Gasteiger partial charge in [-0.2, -0.15) is 0 Å². The molecule has 2 rings (SSSR count). The summed E-state index contributed by atoms with van der Waals surface area (Å²) in [5.74, 6) is 0. The van der Waals surface area contributed by atoms with Crippen molar-refractivity contribution in [3.63, 3.8) is 0 Å². The van der Waals surface area contributed by atoms with Gasteiger partial charge in [-0.1, -0.05) is 0 Å². The molecular formula is C13H27N3. The third kappa shape index (κ3) is 3.44. The molecule has 94 valence electrons. The summed E-state index contributed by atoms with van der Waals surface area (Å²) in [6.07, 6.45) is 5.58. The normalized spacial score (nSPS) is 27.6. The van der Waals surface area contributed by atoms with Crippen LogP contribution in [0, 0.1) is 0 Å². The smallest absolute Gasteiger partial charge is 0.0224 e. The minimum atomic E-state index is 0.891. The van der Waals surface area contributed by atoms with E-state index in [9.17, 15) is 0 Å². The summed E-state index contributed by atoms with van der Waals surface area (Å²) < 4.78 is 0. The molecule has 2 aliphatic heterocycles. The van der Waals surface area contributed by atoms with E-state index < -0.39 is 0 Å². The first-order chi connectivity index (χ1) is 7.75. The molecule has 2 fully saturated rings. The Labute approximate surface area is 100 Å². The number of rotatable bonds is 5. The van der Waals surface area contributed by atoms with E-state index in [2.05, 4.69) is 28.8 Å². The summed E-state index contributed by atoms with van der Waals surface area (Å²) in [6, 6.07) is 0.891. The predicted octanol–water partition coefficient (Wildman–Crippen LogP) is 1.11. The zero-order valence-corrected chi connectivity index (χ0v) is 11.0. The van der Waals surface area contributed by atoms with Gasteiger partial charge in [0.05, 0.1) is 0 Å². The van der Waals surface area contributed by atoms with Crippen LogP contribution in [0.1, 0.15) is 25.7 Å². The van der Waals surface area contributed by atoms with Crippen LogP contribution in [-0.2, 0) is 0 Å². The van der Waals surface area contributed by atoms with Gasteiger partial charge in [-0.3, -0.25) is 4.90 Å². The Morgan fingerprint density at radius 3 is 2.81 bits per heavy atom. The van der Waals surface area contributed by atoms with Crippen LogP contribution in [0.25, 0.3) is 0 Å². The van der Waals surface area contributed by atoms with Crippen LogP contribution in [0.2, 0.25) is 0 Å². The largest absolute Gasteiger partial charge is 0.309 e. The van der Waals surface area contributed by atoms with Crippen LogP contribution < -0.4 is 0 Å². The summed E-state index contributed by atoms with van der Waals surface area (Å²) in [4.78, 5) is 7.66. The van der Waals surface area contributed by atoms with E-state index in [0.29, 0.717) is 0 Å². The van der Waals surface area contributed by atoms with Crippen molar-refractivity contribution < 1.29 is 0 Å². The molecule has 0 spiro atoms. The standard InChI is InChI=1S/C13H27N3/c1-14(2)7-3-4-8-15-10-11-16-9-5-6-13(16)12-15/h13H,3-12H2,1-2H3. The fourth-order valence-electron chi connectivity index (χ4n) is 3.02. The van der Waals surface area contributed by atoms with Crippen molar-refractivity contribution in [1.82, 2.24) is 14.7 Å². The number of hydrogen-bond donors (Lipinski definition) is 0. The quantitative estimate of drug-likeness (QED) is 0.649. The fraction of sp³-hybridized carbons (Fsp3) is 1.00. The van der Waals surface area contributed by atoms with Crippen molar-refractivity contribution >= 4 is 0 Å². The topological polar surface area (TPSA) is 9.72 Å². The van der Waals surface area contributed by atoms with Gasteiger partial charge in [0, 0.05) is 25.7 Å². The van der Waals surface area contributed by atoms with E-state index in [1.165, 1.54) is 65.0 Å². The van der Waals surface area contributed by atoms with Gasteiger partial charge in [-0.05, 0) is 59.4 Å². The Morgan fingerprint density at radius 1 is 1.12 bits per heavy atom. The molecule has 0 aromatic rings. The summed E-state index contributed by atoms with van der Waals surface area (Å²) >= 11 is 0. The molecule has 0 aliphatic carbocycles. The van der Waals surface area contributed by atoms with Crippen molar-refractivity contribution in [3.05, 3.63) is 0 Å². The van der Waals surface area contributed by atoms with E-state index in [0.717, 1.165) is 6.04 Å². The van der Waals surface area contributed by atoms with Crippen LogP contribution in [0.3, 0.4) is 0 Å². The summed E-state index contributed by atoms with van der Waals surface area (Å²) in [6.45, 7) is 7.87. The molecule has 2 heterocycles. The monoisotopic (exact) mass is 225 g/mol. The first-order valence-corrected chi connectivity index (χ1v) is 6.87. The third-order valence-electron chi connectivity index (χ3n) is 4.00. The molecular weight excluding hydrogens is 198 g/mol. The van der Waals surface area contributed by atoms with Crippen LogP contribution in [0.15, 0.2) is 0 Å². The highest BCUT2D eigenvalue weighted by Crippen LogP contribution is 2.21. The van der Waals surface area contributed by atoms with Crippen molar-refractivity contribution in [3.8, 4) is 0 Å². The Morgan fingerprint density at radius 2 is 2.00 bits per heavy atom. The maximum atomic E-state index is 2.69. The lowest BCUT2D eigenvalue weighted by atomic mass is 10.1. The molecule has 3 nitrogen and oxygen atoms in total. The first-order valence-electron chi connectivity index (χ1n) is 6.87. The number of hydrogen-bond acceptors (Lipinski definition) is 3. The summed E-state index contributed by atoms with van der Waals surface area (Å²) in [7, 11) is 4.33. The average molecular weight is 225 g/mol. The highest BCUT2D eigenvalue weighted by atomic mass is 15.3. The number of piperazine rings is 1. The van der Waals surface area contributed by atoms with Crippen LogP contribution in [-0.4, -0.2) is 74.1 Å². The second kappa shape index (κ2) is 5.99. The van der Waals surface area contributed by atoms with E-state index >= 15 is 0 Å². The average Bonchev–Trinajstić information content (AvgIpc) is 2.71. The molecule has 0 N–H and O–H groups in total. The van der Waals surface area contributed by atoms with Gasteiger partial charge < -0.3 is 9.80 Å². The van der Waals surface area contributed by atoms with E-state index in [1.54, 1.807) is 0 Å². The van der Waals surface area contributed by atoms with Crippen molar-refractivity contribution in [2.45, 2.75) is 31.7 Å². The van der Waals surface area contributed by atoms with Gasteiger partial charge in [-0.15, -0.1) is 0 Å². The Hall–Kier alpha value is -0.120. The first kappa shape index (κ1) is 12.3. The third-order valence-corrected chi connectivity index (χ3v) is 4.00. The number of nitrogens with zero attached hydrogens (tertiary/aromatic N) is 3. The molecule has 0 aromatic carbocycles. The molecule has 0 radical (unpaired) electrons. The van der Waals surface area contributed by atoms with Gasteiger partial charge in [-0.25, -0.2) is 0 Å². The zero-order valence-electron chi connectivity index (χ0n) is 11.0. The molecule has 1 unspecified atom stereocenters. The highest BCUT2D eigenvalue weighted by molar-refractivity contribution is 4.86. The van der Waals surface area contributed by atoms with E-state index in [1.807, 2.05) is 0 Å². The lowest BCUT2D eigenvalue weighted by Gasteiger charge is -2.37. The van der Waals surface area contributed by atoms with Crippen molar-refractivity contribution in [2.24, 2.45) is 0 Å². The van der Waals surface area contributed by atoms with E-state index in [4.69, 9.17) is 0 Å². The van der Waals surface area contributed by atoms with Crippen molar-refractivity contribution in [1.29, 1.82) is 0 Å². The van der Waals surface area contributed by atoms with Crippen molar-refractivity contribution in [2.75, 3.05) is 53.4 Å². The Bertz CT molecular complexity index is 205. The Balaban J connectivity index is 1.60. The summed E-state index contributed by atoms with van der Waals surface area (Å²) in [5, 5.41) is 0. The maximum Gasteiger partial charge on any atom is 0.0224 e. The molecule has 2 aliphatic rings. The molecule has 1 atom stereocenters. The molecule has 0 amide bonds. The summed E-state index contributed by atoms with van der Waals surface area (Å²) in [5.41, 5.74) is 0. The lowest BCUT2D eigenvalue weighted by molar-refractivity contribution is 0.103. The molecule has 0 bridgehead atoms. The van der Waals surface area contributed by atoms with E-state index in [-0.39, 0.29) is 0 Å². The Kier molecular flexibility index (Phi) is 4.62. The second-order valence-corrected chi connectivity index (χ2v) is 5.64. The minimum Gasteiger partial charge on any atom is -0.309 e. The van der Waals surface area contributed by atoms with Crippen LogP contribution >= 0.6 is 0 Å².